The van der Waals surface area contributed by atoms with E-state index < -0.39 is 0 Å². The molecule has 4 nitrogen and oxygen atoms in total. The average molecular weight is 276 g/mol. The number of rotatable bonds is 3. The minimum absolute atomic E-state index is 0.173. The van der Waals surface area contributed by atoms with E-state index in [-0.39, 0.29) is 6.04 Å². The third kappa shape index (κ3) is 2.46. The normalized spacial score (nSPS) is 12.2. The van der Waals surface area contributed by atoms with Gasteiger partial charge in [-0.3, -0.25) is 0 Å². The molecular weight excluding hydrogens is 260 g/mol. The fraction of sp³-hybridized carbons (Fsp3) is 0.176. The van der Waals surface area contributed by atoms with Crippen molar-refractivity contribution in [1.82, 2.24) is 9.55 Å². The van der Waals surface area contributed by atoms with Crippen LogP contribution >= 0.6 is 0 Å². The third-order valence-corrected chi connectivity index (χ3v) is 3.66. The van der Waals surface area contributed by atoms with Gasteiger partial charge in [0.25, 0.3) is 0 Å². The van der Waals surface area contributed by atoms with Crippen molar-refractivity contribution in [3.05, 3.63) is 59.7 Å². The Morgan fingerprint density at radius 2 is 2.00 bits per heavy atom. The van der Waals surface area contributed by atoms with Crippen LogP contribution in [0.2, 0.25) is 0 Å². The standard InChI is InChI=1S/C17H16N4/c1-12(9-13-5-3-2-4-6-13)21-16-10-14(11-18)7-8-15(16)20-17(21)19/h2-8,10,12H,9H2,1H3,(H2,19,20). The first-order valence-electron chi connectivity index (χ1n) is 6.90. The number of nitrogen functional groups attached to an aromatic ring is 1. The SMILES string of the molecule is CC(Cc1ccccc1)n1c(N)nc2ccc(C#N)cc21. The van der Waals surface area contributed by atoms with E-state index in [4.69, 9.17) is 11.0 Å². The van der Waals surface area contributed by atoms with Crippen LogP contribution in [0.4, 0.5) is 5.95 Å². The van der Waals surface area contributed by atoms with Crippen LogP contribution in [0.15, 0.2) is 48.5 Å². The van der Waals surface area contributed by atoms with Crippen molar-refractivity contribution in [2.75, 3.05) is 5.73 Å². The van der Waals surface area contributed by atoms with Gasteiger partial charge < -0.3 is 10.3 Å². The van der Waals surface area contributed by atoms with Gasteiger partial charge in [0, 0.05) is 6.04 Å². The lowest BCUT2D eigenvalue weighted by atomic mass is 10.1. The minimum Gasteiger partial charge on any atom is -0.369 e. The van der Waals surface area contributed by atoms with Crippen molar-refractivity contribution in [2.24, 2.45) is 0 Å². The van der Waals surface area contributed by atoms with Gasteiger partial charge in [-0.25, -0.2) is 4.98 Å². The van der Waals surface area contributed by atoms with E-state index in [9.17, 15) is 0 Å². The zero-order valence-corrected chi connectivity index (χ0v) is 11.8. The average Bonchev–Trinajstić information content (AvgIpc) is 2.83. The minimum atomic E-state index is 0.173. The maximum Gasteiger partial charge on any atom is 0.201 e. The highest BCUT2D eigenvalue weighted by Crippen LogP contribution is 2.25. The van der Waals surface area contributed by atoms with Crippen molar-refractivity contribution in [3.8, 4) is 6.07 Å². The number of imidazole rings is 1. The summed E-state index contributed by atoms with van der Waals surface area (Å²) in [6.07, 6.45) is 0.868. The number of hydrogen-bond acceptors (Lipinski definition) is 3. The van der Waals surface area contributed by atoms with Crippen molar-refractivity contribution >= 4 is 17.0 Å². The first-order valence-corrected chi connectivity index (χ1v) is 6.90. The molecule has 2 N–H and O–H groups in total. The lowest BCUT2D eigenvalue weighted by Gasteiger charge is -2.16. The highest BCUT2D eigenvalue weighted by atomic mass is 15.2. The Balaban J connectivity index is 2.03. The van der Waals surface area contributed by atoms with E-state index in [0.717, 1.165) is 17.5 Å². The maximum absolute atomic E-state index is 9.06. The lowest BCUT2D eigenvalue weighted by molar-refractivity contribution is 0.567. The van der Waals surface area contributed by atoms with E-state index in [0.29, 0.717) is 11.5 Å². The summed E-state index contributed by atoms with van der Waals surface area (Å²) in [6.45, 7) is 2.11. The molecule has 1 heterocycles. The second-order valence-corrected chi connectivity index (χ2v) is 5.19. The maximum atomic E-state index is 9.06. The predicted molar refractivity (Wildman–Crippen MR) is 83.7 cm³/mol. The van der Waals surface area contributed by atoms with Crippen LogP contribution in [0, 0.1) is 11.3 Å². The molecule has 0 aliphatic rings. The highest BCUT2D eigenvalue weighted by Gasteiger charge is 2.15. The molecule has 0 aliphatic carbocycles. The summed E-state index contributed by atoms with van der Waals surface area (Å²) in [4.78, 5) is 4.38. The molecule has 0 bridgehead atoms. The smallest absolute Gasteiger partial charge is 0.201 e. The van der Waals surface area contributed by atoms with E-state index in [2.05, 4.69) is 30.1 Å². The molecule has 4 heteroatoms. The van der Waals surface area contributed by atoms with Gasteiger partial charge in [0.1, 0.15) is 0 Å². The van der Waals surface area contributed by atoms with Crippen molar-refractivity contribution in [1.29, 1.82) is 5.26 Å². The Labute approximate surface area is 123 Å². The lowest BCUT2D eigenvalue weighted by Crippen LogP contribution is -2.11. The van der Waals surface area contributed by atoms with Gasteiger partial charge >= 0.3 is 0 Å². The van der Waals surface area contributed by atoms with Crippen LogP contribution in [0.3, 0.4) is 0 Å². The molecule has 1 atom stereocenters. The monoisotopic (exact) mass is 276 g/mol. The Hall–Kier alpha value is -2.80. The van der Waals surface area contributed by atoms with Gasteiger partial charge in [-0.1, -0.05) is 30.3 Å². The third-order valence-electron chi connectivity index (χ3n) is 3.66. The van der Waals surface area contributed by atoms with E-state index in [1.807, 2.05) is 34.9 Å². The van der Waals surface area contributed by atoms with Gasteiger partial charge in [-0.05, 0) is 37.1 Å². The van der Waals surface area contributed by atoms with Crippen LogP contribution < -0.4 is 5.73 Å². The molecule has 1 unspecified atom stereocenters. The summed E-state index contributed by atoms with van der Waals surface area (Å²) in [7, 11) is 0. The van der Waals surface area contributed by atoms with Gasteiger partial charge in [0.15, 0.2) is 0 Å². The van der Waals surface area contributed by atoms with Gasteiger partial charge in [0.05, 0.1) is 22.7 Å². The van der Waals surface area contributed by atoms with E-state index in [1.165, 1.54) is 5.56 Å². The fourth-order valence-electron chi connectivity index (χ4n) is 2.69. The molecule has 0 spiro atoms. The summed E-state index contributed by atoms with van der Waals surface area (Å²) in [5.74, 6) is 0.489. The van der Waals surface area contributed by atoms with Crippen LogP contribution in [0.1, 0.15) is 24.1 Å². The Morgan fingerprint density at radius 1 is 1.24 bits per heavy atom. The van der Waals surface area contributed by atoms with Crippen LogP contribution in [0.5, 0.6) is 0 Å². The molecule has 0 saturated carbocycles. The predicted octanol–water partition coefficient (Wildman–Crippen LogP) is 3.29. The van der Waals surface area contributed by atoms with E-state index in [1.54, 1.807) is 6.07 Å². The number of nitriles is 1. The summed E-state index contributed by atoms with van der Waals surface area (Å²) in [5, 5.41) is 9.06. The first-order chi connectivity index (χ1) is 10.2. The fourth-order valence-corrected chi connectivity index (χ4v) is 2.69. The van der Waals surface area contributed by atoms with Gasteiger partial charge in [-0.15, -0.1) is 0 Å². The number of anilines is 1. The second kappa shape index (κ2) is 5.29. The van der Waals surface area contributed by atoms with Crippen molar-refractivity contribution in [2.45, 2.75) is 19.4 Å². The summed E-state index contributed by atoms with van der Waals surface area (Å²) in [6, 6.07) is 18.1. The molecule has 1 aromatic heterocycles. The number of fused-ring (bicyclic) bond motifs is 1. The molecule has 2 aromatic carbocycles. The van der Waals surface area contributed by atoms with Crippen molar-refractivity contribution < 1.29 is 0 Å². The molecule has 0 fully saturated rings. The zero-order chi connectivity index (χ0) is 14.8. The summed E-state index contributed by atoms with van der Waals surface area (Å²) >= 11 is 0. The van der Waals surface area contributed by atoms with Crippen LogP contribution in [-0.4, -0.2) is 9.55 Å². The summed E-state index contributed by atoms with van der Waals surface area (Å²) < 4.78 is 2.00. The first kappa shape index (κ1) is 13.2. The molecule has 3 aromatic rings. The number of benzene rings is 2. The molecular formula is C17H16N4. The molecule has 0 amide bonds. The molecule has 0 saturated heterocycles. The molecule has 0 aliphatic heterocycles. The van der Waals surface area contributed by atoms with Gasteiger partial charge in [-0.2, -0.15) is 5.26 Å². The second-order valence-electron chi connectivity index (χ2n) is 5.19. The highest BCUT2D eigenvalue weighted by molar-refractivity contribution is 5.80. The number of hydrogen-bond donors (Lipinski definition) is 1. The number of nitrogens with two attached hydrogens (primary N) is 1. The number of aromatic nitrogens is 2. The van der Waals surface area contributed by atoms with Crippen LogP contribution in [-0.2, 0) is 6.42 Å². The molecule has 21 heavy (non-hydrogen) atoms. The summed E-state index contributed by atoms with van der Waals surface area (Å²) in [5.41, 5.74) is 9.68. The van der Waals surface area contributed by atoms with Gasteiger partial charge in [0.2, 0.25) is 5.95 Å². The quantitative estimate of drug-likeness (QED) is 0.798. The molecule has 104 valence electrons. The Bertz CT molecular complexity index is 812. The largest absolute Gasteiger partial charge is 0.369 e. The number of nitrogens with zero attached hydrogens (tertiary/aromatic N) is 3. The van der Waals surface area contributed by atoms with Crippen LogP contribution in [0.25, 0.3) is 11.0 Å². The topological polar surface area (TPSA) is 67.6 Å². The molecule has 0 radical (unpaired) electrons. The zero-order valence-electron chi connectivity index (χ0n) is 11.8. The van der Waals surface area contributed by atoms with Crippen molar-refractivity contribution in [3.63, 3.8) is 0 Å². The Morgan fingerprint density at radius 3 is 2.71 bits per heavy atom. The van der Waals surface area contributed by atoms with E-state index >= 15 is 0 Å². The Kier molecular flexibility index (Phi) is 3.33. The molecule has 3 rings (SSSR count).